The number of hydrogen-bond acceptors (Lipinski definition) is 4. The summed E-state index contributed by atoms with van der Waals surface area (Å²) in [7, 11) is 2.16. The molecule has 0 amide bonds. The molecule has 5 heteroatoms. The van der Waals surface area contributed by atoms with Crippen molar-refractivity contribution in [2.75, 3.05) is 25.5 Å². The smallest absolute Gasteiger partial charge is 0.135 e. The number of likely N-dealkylation sites (tertiary alicyclic amines) is 1. The van der Waals surface area contributed by atoms with Gasteiger partial charge < -0.3 is 10.2 Å². The minimum Gasteiger partial charge on any atom is -0.367 e. The molecule has 1 N–H and O–H groups in total. The van der Waals surface area contributed by atoms with E-state index < -0.39 is 0 Å². The van der Waals surface area contributed by atoms with Crippen molar-refractivity contribution in [2.45, 2.75) is 38.6 Å². The third-order valence-electron chi connectivity index (χ3n) is 3.30. The van der Waals surface area contributed by atoms with Crippen LogP contribution in [0.4, 0.5) is 5.82 Å². The first-order valence-corrected chi connectivity index (χ1v) is 6.92. The third kappa shape index (κ3) is 3.56. The minimum atomic E-state index is 0.293. The highest BCUT2D eigenvalue weighted by atomic mass is 35.5. The zero-order valence-corrected chi connectivity index (χ0v) is 12.0. The molecule has 0 spiro atoms. The molecule has 0 radical (unpaired) electrons. The summed E-state index contributed by atoms with van der Waals surface area (Å²) >= 11 is 6.04. The van der Waals surface area contributed by atoms with Gasteiger partial charge in [-0.05, 0) is 33.0 Å². The average Bonchev–Trinajstić information content (AvgIpc) is 2.31. The van der Waals surface area contributed by atoms with Gasteiger partial charge in [0.1, 0.15) is 16.8 Å². The van der Waals surface area contributed by atoms with E-state index in [1.54, 1.807) is 0 Å². The van der Waals surface area contributed by atoms with Crippen molar-refractivity contribution in [1.29, 1.82) is 0 Å². The van der Waals surface area contributed by atoms with Gasteiger partial charge >= 0.3 is 0 Å². The molecule has 1 saturated heterocycles. The molecule has 0 atom stereocenters. The lowest BCUT2D eigenvalue weighted by atomic mass is 10.1. The minimum absolute atomic E-state index is 0.293. The highest BCUT2D eigenvalue weighted by molar-refractivity contribution is 6.29. The lowest BCUT2D eigenvalue weighted by Crippen LogP contribution is -2.36. The summed E-state index contributed by atoms with van der Waals surface area (Å²) in [6.45, 7) is 6.41. The molecule has 0 saturated carbocycles. The van der Waals surface area contributed by atoms with Crippen LogP contribution in [0.1, 0.15) is 38.4 Å². The van der Waals surface area contributed by atoms with Crippen LogP contribution in [0.5, 0.6) is 0 Å². The fourth-order valence-electron chi connectivity index (χ4n) is 2.13. The molecule has 0 bridgehead atoms. The number of nitrogens with zero attached hydrogens (tertiary/aromatic N) is 3. The molecule has 0 aliphatic carbocycles. The van der Waals surface area contributed by atoms with Gasteiger partial charge in [-0.3, -0.25) is 0 Å². The molecular weight excluding hydrogens is 248 g/mol. The van der Waals surface area contributed by atoms with E-state index in [0.29, 0.717) is 17.1 Å². The highest BCUT2D eigenvalue weighted by Gasteiger charge is 2.17. The predicted octanol–water partition coefficient (Wildman–Crippen LogP) is 2.76. The van der Waals surface area contributed by atoms with Gasteiger partial charge in [-0.25, -0.2) is 9.97 Å². The number of hydrogen-bond donors (Lipinski definition) is 1. The average molecular weight is 269 g/mol. The van der Waals surface area contributed by atoms with Crippen LogP contribution in [0.3, 0.4) is 0 Å². The topological polar surface area (TPSA) is 41.1 Å². The Morgan fingerprint density at radius 3 is 2.61 bits per heavy atom. The Morgan fingerprint density at radius 2 is 2.00 bits per heavy atom. The van der Waals surface area contributed by atoms with Crippen LogP contribution >= 0.6 is 11.6 Å². The van der Waals surface area contributed by atoms with E-state index >= 15 is 0 Å². The van der Waals surface area contributed by atoms with Gasteiger partial charge in [0, 0.05) is 18.0 Å². The molecule has 100 valence electrons. The SMILES string of the molecule is CC(C)c1nc(Cl)cc(NC2CCN(C)CC2)n1. The quantitative estimate of drug-likeness (QED) is 0.856. The standard InChI is InChI=1S/C13H21ClN4/c1-9(2)13-16-11(14)8-12(17-13)15-10-4-6-18(3)7-5-10/h8-10H,4-7H2,1-3H3,(H,15,16,17). The lowest BCUT2D eigenvalue weighted by Gasteiger charge is -2.29. The zero-order valence-electron chi connectivity index (χ0n) is 11.3. The van der Waals surface area contributed by atoms with E-state index in [1.165, 1.54) is 0 Å². The van der Waals surface area contributed by atoms with Crippen LogP contribution in [-0.4, -0.2) is 41.0 Å². The van der Waals surface area contributed by atoms with Gasteiger partial charge in [0.05, 0.1) is 0 Å². The Balaban J connectivity index is 2.04. The summed E-state index contributed by atoms with van der Waals surface area (Å²) in [6.07, 6.45) is 2.30. The highest BCUT2D eigenvalue weighted by Crippen LogP contribution is 2.19. The molecule has 1 aromatic heterocycles. The summed E-state index contributed by atoms with van der Waals surface area (Å²) < 4.78 is 0. The number of halogens is 1. The van der Waals surface area contributed by atoms with E-state index in [0.717, 1.165) is 37.6 Å². The summed E-state index contributed by atoms with van der Waals surface area (Å²) in [4.78, 5) is 11.1. The van der Waals surface area contributed by atoms with Crippen LogP contribution in [0.15, 0.2) is 6.07 Å². The summed E-state index contributed by atoms with van der Waals surface area (Å²) in [5, 5.41) is 3.99. The monoisotopic (exact) mass is 268 g/mol. The van der Waals surface area contributed by atoms with Crippen LogP contribution in [-0.2, 0) is 0 Å². The Bertz CT molecular complexity index is 400. The van der Waals surface area contributed by atoms with Crippen molar-refractivity contribution in [2.24, 2.45) is 0 Å². The molecule has 0 unspecified atom stereocenters. The fourth-order valence-corrected chi connectivity index (χ4v) is 2.32. The molecule has 2 rings (SSSR count). The fraction of sp³-hybridized carbons (Fsp3) is 0.692. The first kappa shape index (κ1) is 13.6. The molecule has 1 aliphatic rings. The molecule has 0 aromatic carbocycles. The molecule has 18 heavy (non-hydrogen) atoms. The number of aromatic nitrogens is 2. The van der Waals surface area contributed by atoms with E-state index in [4.69, 9.17) is 11.6 Å². The summed E-state index contributed by atoms with van der Waals surface area (Å²) in [5.74, 6) is 1.95. The van der Waals surface area contributed by atoms with Crippen molar-refractivity contribution >= 4 is 17.4 Å². The third-order valence-corrected chi connectivity index (χ3v) is 3.49. The first-order chi connectivity index (χ1) is 8.54. The van der Waals surface area contributed by atoms with Gasteiger partial charge in [-0.15, -0.1) is 0 Å². The van der Waals surface area contributed by atoms with Crippen molar-refractivity contribution in [3.8, 4) is 0 Å². The Labute approximate surface area is 114 Å². The number of rotatable bonds is 3. The normalized spacial score (nSPS) is 18.3. The molecule has 1 fully saturated rings. The predicted molar refractivity (Wildman–Crippen MR) is 75.3 cm³/mol. The molecule has 4 nitrogen and oxygen atoms in total. The number of piperidine rings is 1. The van der Waals surface area contributed by atoms with Crippen LogP contribution in [0, 0.1) is 0 Å². The van der Waals surface area contributed by atoms with Crippen LogP contribution < -0.4 is 5.32 Å². The van der Waals surface area contributed by atoms with Crippen molar-refractivity contribution < 1.29 is 0 Å². The Morgan fingerprint density at radius 1 is 1.33 bits per heavy atom. The largest absolute Gasteiger partial charge is 0.367 e. The van der Waals surface area contributed by atoms with Crippen molar-refractivity contribution in [3.63, 3.8) is 0 Å². The molecule has 1 aromatic rings. The molecule has 2 heterocycles. The maximum Gasteiger partial charge on any atom is 0.135 e. The van der Waals surface area contributed by atoms with Crippen molar-refractivity contribution in [3.05, 3.63) is 17.0 Å². The maximum absolute atomic E-state index is 6.04. The van der Waals surface area contributed by atoms with Gasteiger partial charge in [0.2, 0.25) is 0 Å². The first-order valence-electron chi connectivity index (χ1n) is 6.54. The summed E-state index contributed by atoms with van der Waals surface area (Å²) in [6, 6.07) is 2.30. The van der Waals surface area contributed by atoms with Gasteiger partial charge in [-0.1, -0.05) is 25.4 Å². The van der Waals surface area contributed by atoms with E-state index in [9.17, 15) is 0 Å². The second-order valence-corrected chi connectivity index (χ2v) is 5.70. The summed E-state index contributed by atoms with van der Waals surface area (Å²) in [5.41, 5.74) is 0. The van der Waals surface area contributed by atoms with Gasteiger partial charge in [-0.2, -0.15) is 0 Å². The lowest BCUT2D eigenvalue weighted by molar-refractivity contribution is 0.263. The number of anilines is 1. The van der Waals surface area contributed by atoms with Crippen LogP contribution in [0.2, 0.25) is 5.15 Å². The Hall–Kier alpha value is -0.870. The molecular formula is C13H21ClN4. The Kier molecular flexibility index (Phi) is 4.40. The number of nitrogens with one attached hydrogen (secondary N) is 1. The maximum atomic E-state index is 6.04. The van der Waals surface area contributed by atoms with Gasteiger partial charge in [0.15, 0.2) is 0 Å². The van der Waals surface area contributed by atoms with E-state index in [-0.39, 0.29) is 0 Å². The van der Waals surface area contributed by atoms with E-state index in [1.807, 2.05) is 6.07 Å². The second kappa shape index (κ2) is 5.85. The second-order valence-electron chi connectivity index (χ2n) is 5.31. The van der Waals surface area contributed by atoms with Crippen molar-refractivity contribution in [1.82, 2.24) is 14.9 Å². The zero-order chi connectivity index (χ0) is 13.1. The van der Waals surface area contributed by atoms with E-state index in [2.05, 4.69) is 41.1 Å². The van der Waals surface area contributed by atoms with Crippen LogP contribution in [0.25, 0.3) is 0 Å². The van der Waals surface area contributed by atoms with Gasteiger partial charge in [0.25, 0.3) is 0 Å². The molecule has 1 aliphatic heterocycles.